The van der Waals surface area contributed by atoms with E-state index in [1.165, 1.54) is 50.2 Å². The highest BCUT2D eigenvalue weighted by molar-refractivity contribution is 5.97. The third-order valence-corrected chi connectivity index (χ3v) is 10.9. The molecule has 1 unspecified atom stereocenters. The summed E-state index contributed by atoms with van der Waals surface area (Å²) >= 11 is 0. The Bertz CT molecular complexity index is 2080. The van der Waals surface area contributed by atoms with Gasteiger partial charge in [-0.25, -0.2) is 0 Å². The van der Waals surface area contributed by atoms with Crippen molar-refractivity contribution in [1.29, 1.82) is 5.26 Å². The molecular weight excluding hydrogens is 609 g/mol. The molecule has 4 aromatic carbocycles. The van der Waals surface area contributed by atoms with Crippen LogP contribution in [0.5, 0.6) is 0 Å². The van der Waals surface area contributed by atoms with Crippen LogP contribution in [0.3, 0.4) is 0 Å². The van der Waals surface area contributed by atoms with Crippen LogP contribution >= 0.6 is 0 Å². The molecule has 0 saturated carbocycles. The largest absolute Gasteiger partial charge is 0.383 e. The Kier molecular flexibility index (Phi) is 10.1. The lowest BCUT2D eigenvalue weighted by atomic mass is 9.72. The number of amidine groups is 1. The van der Waals surface area contributed by atoms with Crippen LogP contribution in [0, 0.1) is 17.2 Å². The van der Waals surface area contributed by atoms with Crippen molar-refractivity contribution in [2.45, 2.75) is 65.8 Å². The van der Waals surface area contributed by atoms with E-state index in [2.05, 4.69) is 149 Å². The molecule has 50 heavy (non-hydrogen) atoms. The van der Waals surface area contributed by atoms with Gasteiger partial charge in [0.2, 0.25) is 0 Å². The molecule has 4 heteroatoms. The first-order chi connectivity index (χ1) is 24.1. The summed E-state index contributed by atoms with van der Waals surface area (Å²) in [6.45, 7) is 12.3. The minimum atomic E-state index is -0.171. The first-order valence-electron chi connectivity index (χ1n) is 17.7. The predicted molar refractivity (Wildman–Crippen MR) is 211 cm³/mol. The van der Waals surface area contributed by atoms with Crippen molar-refractivity contribution in [3.8, 4) is 6.07 Å². The normalized spacial score (nSPS) is 17.4. The summed E-state index contributed by atoms with van der Waals surface area (Å²) in [5.74, 6) is 0.866. The van der Waals surface area contributed by atoms with Crippen molar-refractivity contribution in [2.24, 2.45) is 16.6 Å². The zero-order valence-corrected chi connectivity index (χ0v) is 30.3. The Morgan fingerprint density at radius 3 is 2.38 bits per heavy atom. The molecule has 0 bridgehead atoms. The van der Waals surface area contributed by atoms with Crippen molar-refractivity contribution in [1.82, 2.24) is 0 Å². The number of allylic oxidation sites excluding steroid dienone is 6. The minimum absolute atomic E-state index is 0.171. The van der Waals surface area contributed by atoms with Gasteiger partial charge in [0, 0.05) is 29.4 Å². The van der Waals surface area contributed by atoms with Gasteiger partial charge in [-0.1, -0.05) is 99.2 Å². The lowest BCUT2D eigenvalue weighted by molar-refractivity contribution is 0.605. The number of aliphatic imine (C=N–C) groups is 1. The second kappa shape index (κ2) is 14.6. The maximum absolute atomic E-state index is 9.06. The molecule has 4 nitrogen and oxygen atoms in total. The van der Waals surface area contributed by atoms with Crippen LogP contribution in [-0.4, -0.2) is 12.9 Å². The molecule has 252 valence electrons. The van der Waals surface area contributed by atoms with Gasteiger partial charge in [0.15, 0.2) is 0 Å². The zero-order chi connectivity index (χ0) is 35.4. The second-order valence-electron chi connectivity index (χ2n) is 14.2. The molecule has 0 aliphatic heterocycles. The van der Waals surface area contributed by atoms with E-state index in [1.807, 2.05) is 12.1 Å². The van der Waals surface area contributed by atoms with Crippen LogP contribution in [0.4, 0.5) is 5.69 Å². The maximum Gasteiger partial charge on any atom is 0.125 e. The van der Waals surface area contributed by atoms with E-state index in [-0.39, 0.29) is 5.41 Å². The van der Waals surface area contributed by atoms with Gasteiger partial charge in [-0.3, -0.25) is 4.99 Å². The number of nitrogens with two attached hydrogens (primary N) is 1. The first-order valence-corrected chi connectivity index (χ1v) is 17.7. The molecule has 0 heterocycles. The van der Waals surface area contributed by atoms with E-state index in [1.54, 1.807) is 12.1 Å². The molecule has 2 aliphatic carbocycles. The number of nitriles is 1. The fraction of sp³-hybridized carbons (Fsp3) is 0.261. The maximum atomic E-state index is 9.06. The molecule has 0 aromatic heterocycles. The van der Waals surface area contributed by atoms with Gasteiger partial charge in [0.25, 0.3) is 0 Å². The Hall–Kier alpha value is -5.40. The van der Waals surface area contributed by atoms with Crippen molar-refractivity contribution < 1.29 is 0 Å². The Labute approximate surface area is 298 Å². The molecule has 0 amide bonds. The van der Waals surface area contributed by atoms with Gasteiger partial charge in [0.05, 0.1) is 18.2 Å². The number of anilines is 1. The molecule has 6 rings (SSSR count). The summed E-state index contributed by atoms with van der Waals surface area (Å²) < 4.78 is 0. The summed E-state index contributed by atoms with van der Waals surface area (Å²) in [5, 5.41) is 9.06. The standard InChI is InChI=1S/C46H48N4/c1-31-12-11-17-43(50(6)40-26-20-35(21-27-40)30-49-45(48)37-22-18-34(29-47)19-23-37)44(31)32(2)33(3)46(4,5)42-16-10-8-14-39(42)28-38-25-24-36-13-7-9-15-41(36)38/h7-11,13-23,26-28,31H,12,24-25,30H2,1-6H3,(H2,48,49)/b33-32-,38-28-. The summed E-state index contributed by atoms with van der Waals surface area (Å²) in [6, 6.07) is 35.7. The third kappa shape index (κ3) is 7.00. The minimum Gasteiger partial charge on any atom is -0.383 e. The third-order valence-electron chi connectivity index (χ3n) is 10.9. The SMILES string of the molecule is C/C(C1=C(N(C)c2ccc(CN=C(N)c3ccc(C#N)cc3)cc2)C=CCC1C)=C(\C)C(C)(C)c1ccccc1/C=C1/CCc2ccccc21. The Morgan fingerprint density at radius 1 is 0.940 bits per heavy atom. The average molecular weight is 657 g/mol. The Morgan fingerprint density at radius 2 is 1.64 bits per heavy atom. The fourth-order valence-corrected chi connectivity index (χ4v) is 7.50. The van der Waals surface area contributed by atoms with Gasteiger partial charge in [-0.15, -0.1) is 0 Å². The lowest BCUT2D eigenvalue weighted by Crippen LogP contribution is -2.25. The molecule has 2 N–H and O–H groups in total. The lowest BCUT2D eigenvalue weighted by Gasteiger charge is -2.35. The van der Waals surface area contributed by atoms with E-state index in [4.69, 9.17) is 11.0 Å². The van der Waals surface area contributed by atoms with E-state index in [9.17, 15) is 0 Å². The van der Waals surface area contributed by atoms with Crippen LogP contribution in [0.2, 0.25) is 0 Å². The van der Waals surface area contributed by atoms with Crippen molar-refractivity contribution in [2.75, 3.05) is 11.9 Å². The molecule has 2 aliphatic rings. The quantitative estimate of drug-likeness (QED) is 0.144. The van der Waals surface area contributed by atoms with Gasteiger partial charge in [-0.2, -0.15) is 5.26 Å². The number of hydrogen-bond donors (Lipinski definition) is 1. The number of aryl methyl sites for hydroxylation is 1. The summed E-state index contributed by atoms with van der Waals surface area (Å²) in [4.78, 5) is 6.93. The van der Waals surface area contributed by atoms with Crippen LogP contribution in [0.15, 0.2) is 137 Å². The number of likely N-dealkylation sites (N-methyl/N-ethyl adjacent to an activating group) is 1. The van der Waals surface area contributed by atoms with Crippen LogP contribution in [-0.2, 0) is 18.4 Å². The first kappa shape index (κ1) is 34.5. The van der Waals surface area contributed by atoms with Gasteiger partial charge in [0.1, 0.15) is 5.84 Å². The number of fused-ring (bicyclic) bond motifs is 1. The zero-order valence-electron chi connectivity index (χ0n) is 30.3. The summed E-state index contributed by atoms with van der Waals surface area (Å²) in [5.41, 5.74) is 22.1. The van der Waals surface area contributed by atoms with Crippen LogP contribution in [0.1, 0.15) is 86.4 Å². The summed E-state index contributed by atoms with van der Waals surface area (Å²) in [7, 11) is 2.17. The fourth-order valence-electron chi connectivity index (χ4n) is 7.50. The van der Waals surface area contributed by atoms with E-state index >= 15 is 0 Å². The summed E-state index contributed by atoms with van der Waals surface area (Å²) in [6.07, 6.45) is 10.3. The van der Waals surface area contributed by atoms with Gasteiger partial charge in [-0.05, 0) is 126 Å². The number of hydrogen-bond acceptors (Lipinski definition) is 3. The van der Waals surface area contributed by atoms with Crippen molar-refractivity contribution in [3.63, 3.8) is 0 Å². The molecule has 0 fully saturated rings. The van der Waals surface area contributed by atoms with E-state index < -0.39 is 0 Å². The number of nitrogens with zero attached hydrogens (tertiary/aromatic N) is 3. The highest BCUT2D eigenvalue weighted by Crippen LogP contribution is 2.43. The van der Waals surface area contributed by atoms with Gasteiger partial charge < -0.3 is 10.6 Å². The molecule has 0 spiro atoms. The highest BCUT2D eigenvalue weighted by atomic mass is 15.1. The number of rotatable bonds is 9. The van der Waals surface area contributed by atoms with Crippen molar-refractivity contribution >= 4 is 23.2 Å². The topological polar surface area (TPSA) is 65.4 Å². The molecule has 4 aromatic rings. The average Bonchev–Trinajstić information content (AvgIpc) is 3.55. The van der Waals surface area contributed by atoms with E-state index in [0.717, 1.165) is 36.1 Å². The molecule has 0 radical (unpaired) electrons. The molecule has 1 atom stereocenters. The monoisotopic (exact) mass is 656 g/mol. The highest BCUT2D eigenvalue weighted by Gasteiger charge is 2.30. The van der Waals surface area contributed by atoms with Crippen LogP contribution in [0.25, 0.3) is 11.6 Å². The Balaban J connectivity index is 1.28. The second-order valence-corrected chi connectivity index (χ2v) is 14.2. The van der Waals surface area contributed by atoms with Crippen LogP contribution < -0.4 is 10.6 Å². The number of benzene rings is 4. The predicted octanol–water partition coefficient (Wildman–Crippen LogP) is 10.6. The van der Waals surface area contributed by atoms with Crippen molar-refractivity contribution in [3.05, 3.63) is 171 Å². The molecular formula is C46H48N4. The van der Waals surface area contributed by atoms with E-state index in [0.29, 0.717) is 23.9 Å². The smallest absolute Gasteiger partial charge is 0.125 e. The molecule has 0 saturated heterocycles. The van der Waals surface area contributed by atoms with Gasteiger partial charge >= 0.3 is 0 Å².